The molecule has 5 heteroatoms. The second kappa shape index (κ2) is 12.2. The molecule has 0 radical (unpaired) electrons. The van der Waals surface area contributed by atoms with Gasteiger partial charge in [-0.15, -0.1) is 0 Å². The Bertz CT molecular complexity index is 728. The molecule has 1 aromatic carbocycles. The average Bonchev–Trinajstić information content (AvgIpc) is 3.52. The van der Waals surface area contributed by atoms with Crippen molar-refractivity contribution >= 4 is 5.91 Å². The quantitative estimate of drug-likeness (QED) is 0.304. The van der Waals surface area contributed by atoms with E-state index in [2.05, 4.69) is 29.6 Å². The maximum absolute atomic E-state index is 11.7. The van der Waals surface area contributed by atoms with Crippen molar-refractivity contribution in [1.29, 1.82) is 0 Å². The first-order valence-corrected chi connectivity index (χ1v) is 11.7. The van der Waals surface area contributed by atoms with Crippen LogP contribution >= 0.6 is 0 Å². The Morgan fingerprint density at radius 3 is 2.65 bits per heavy atom. The second-order valence-electron chi connectivity index (χ2n) is 9.03. The maximum Gasteiger partial charge on any atom is 0.220 e. The van der Waals surface area contributed by atoms with Gasteiger partial charge in [-0.1, -0.05) is 54.6 Å². The fourth-order valence-corrected chi connectivity index (χ4v) is 4.30. The zero-order valence-corrected chi connectivity index (χ0v) is 18.3. The van der Waals surface area contributed by atoms with Crippen molar-refractivity contribution in [1.82, 2.24) is 5.32 Å². The van der Waals surface area contributed by atoms with Crippen molar-refractivity contribution in [3.63, 3.8) is 0 Å². The standard InChI is InChI=1S/C26H37NO4/c28-21(15-12-19-8-4-3-5-9-19)16-17-23-22(24(29)18-25(23)30)10-6-1-2-7-11-26(31)27-20-13-14-20/h1,3-6,8-9,16-17,20-25,28-30H,2,7,10-15,18H2,(H,27,31)/b6-1-,17-16+/t21-,22+,23+,24-,25+/m0/s1. The van der Waals surface area contributed by atoms with Gasteiger partial charge in [0.25, 0.3) is 0 Å². The number of rotatable bonds is 12. The highest BCUT2D eigenvalue weighted by atomic mass is 16.3. The highest BCUT2D eigenvalue weighted by Crippen LogP contribution is 2.36. The van der Waals surface area contributed by atoms with Gasteiger partial charge in [-0.2, -0.15) is 0 Å². The van der Waals surface area contributed by atoms with Crippen molar-refractivity contribution in [2.45, 2.75) is 82.1 Å². The van der Waals surface area contributed by atoms with E-state index in [-0.39, 0.29) is 17.7 Å². The molecule has 2 fully saturated rings. The van der Waals surface area contributed by atoms with Crippen LogP contribution in [0, 0.1) is 11.8 Å². The minimum atomic E-state index is -0.586. The molecule has 170 valence electrons. The SMILES string of the molecule is O=C(CCC/C=C\C[C@@H]1[C@@H](/C=C/[C@@H](O)CCc2ccccc2)[C@H](O)C[C@@H]1O)NC1CC1. The number of carbonyl (C=O) groups excluding carboxylic acids is 1. The van der Waals surface area contributed by atoms with Gasteiger partial charge in [0.1, 0.15) is 0 Å². The van der Waals surface area contributed by atoms with Crippen LogP contribution in [0.4, 0.5) is 0 Å². The first-order chi connectivity index (χ1) is 15.0. The van der Waals surface area contributed by atoms with E-state index in [0.29, 0.717) is 31.7 Å². The van der Waals surface area contributed by atoms with Crippen LogP contribution in [0.3, 0.4) is 0 Å². The second-order valence-corrected chi connectivity index (χ2v) is 9.03. The maximum atomic E-state index is 11.7. The molecule has 5 atom stereocenters. The minimum absolute atomic E-state index is 0.0537. The topological polar surface area (TPSA) is 89.8 Å². The lowest BCUT2D eigenvalue weighted by atomic mass is 9.89. The number of hydrogen-bond donors (Lipinski definition) is 4. The first-order valence-electron chi connectivity index (χ1n) is 11.7. The number of hydrogen-bond acceptors (Lipinski definition) is 4. The molecule has 0 saturated heterocycles. The summed E-state index contributed by atoms with van der Waals surface area (Å²) in [5.74, 6) is -0.0707. The van der Waals surface area contributed by atoms with E-state index in [9.17, 15) is 20.1 Å². The van der Waals surface area contributed by atoms with Crippen LogP contribution in [0.2, 0.25) is 0 Å². The number of aliphatic hydroxyl groups excluding tert-OH is 3. The number of amides is 1. The van der Waals surface area contributed by atoms with E-state index in [1.54, 1.807) is 6.08 Å². The number of aryl methyl sites for hydroxylation is 1. The predicted molar refractivity (Wildman–Crippen MR) is 122 cm³/mol. The molecule has 4 N–H and O–H groups in total. The van der Waals surface area contributed by atoms with Crippen molar-refractivity contribution in [2.75, 3.05) is 0 Å². The molecule has 0 spiro atoms. The highest BCUT2D eigenvalue weighted by Gasteiger charge is 2.39. The molecule has 1 amide bonds. The Balaban J connectivity index is 1.39. The lowest BCUT2D eigenvalue weighted by Crippen LogP contribution is -2.24. The molecule has 0 heterocycles. The smallest absolute Gasteiger partial charge is 0.220 e. The van der Waals surface area contributed by atoms with Crippen molar-refractivity contribution in [3.05, 3.63) is 60.2 Å². The van der Waals surface area contributed by atoms with Gasteiger partial charge in [-0.05, 0) is 56.4 Å². The van der Waals surface area contributed by atoms with Gasteiger partial charge in [0, 0.05) is 24.8 Å². The monoisotopic (exact) mass is 427 g/mol. The summed E-state index contributed by atoms with van der Waals surface area (Å²) in [6.45, 7) is 0. The minimum Gasteiger partial charge on any atom is -0.393 e. The Morgan fingerprint density at radius 1 is 1.13 bits per heavy atom. The van der Waals surface area contributed by atoms with Gasteiger partial charge in [-0.25, -0.2) is 0 Å². The van der Waals surface area contributed by atoms with E-state index in [0.717, 1.165) is 32.1 Å². The summed E-state index contributed by atoms with van der Waals surface area (Å²) in [4.78, 5) is 11.7. The Morgan fingerprint density at radius 2 is 1.90 bits per heavy atom. The highest BCUT2D eigenvalue weighted by molar-refractivity contribution is 5.76. The zero-order chi connectivity index (χ0) is 22.1. The third kappa shape index (κ3) is 8.24. The lowest BCUT2D eigenvalue weighted by molar-refractivity contribution is -0.121. The summed E-state index contributed by atoms with van der Waals surface area (Å²) in [6.07, 6.45) is 13.0. The van der Waals surface area contributed by atoms with Gasteiger partial charge < -0.3 is 20.6 Å². The molecule has 2 saturated carbocycles. The summed E-state index contributed by atoms with van der Waals surface area (Å²) in [7, 11) is 0. The van der Waals surface area contributed by atoms with Crippen LogP contribution in [-0.4, -0.2) is 45.6 Å². The van der Waals surface area contributed by atoms with Crippen LogP contribution in [-0.2, 0) is 11.2 Å². The number of benzene rings is 1. The summed E-state index contributed by atoms with van der Waals surface area (Å²) in [5.41, 5.74) is 1.19. The van der Waals surface area contributed by atoms with E-state index in [4.69, 9.17) is 0 Å². The van der Waals surface area contributed by atoms with E-state index in [1.165, 1.54) is 5.56 Å². The van der Waals surface area contributed by atoms with Crippen molar-refractivity contribution < 1.29 is 20.1 Å². The van der Waals surface area contributed by atoms with Gasteiger partial charge >= 0.3 is 0 Å². The van der Waals surface area contributed by atoms with E-state index in [1.807, 2.05) is 24.3 Å². The number of unbranched alkanes of at least 4 members (excludes halogenated alkanes) is 1. The first kappa shape index (κ1) is 23.7. The van der Waals surface area contributed by atoms with Gasteiger partial charge in [-0.3, -0.25) is 4.79 Å². The molecule has 31 heavy (non-hydrogen) atoms. The number of aliphatic hydroxyl groups is 3. The van der Waals surface area contributed by atoms with Gasteiger partial charge in [0.15, 0.2) is 0 Å². The predicted octanol–water partition coefficient (Wildman–Crippen LogP) is 3.29. The summed E-state index contributed by atoms with van der Waals surface area (Å²) < 4.78 is 0. The number of carbonyl (C=O) groups is 1. The molecular weight excluding hydrogens is 390 g/mol. The summed E-state index contributed by atoms with van der Waals surface area (Å²) in [5, 5.41) is 34.0. The third-order valence-electron chi connectivity index (χ3n) is 6.33. The number of nitrogens with one attached hydrogen (secondary N) is 1. The zero-order valence-electron chi connectivity index (χ0n) is 18.3. The number of allylic oxidation sites excluding steroid dienone is 2. The summed E-state index contributed by atoms with van der Waals surface area (Å²) in [6, 6.07) is 10.5. The lowest BCUT2D eigenvalue weighted by Gasteiger charge is -2.19. The van der Waals surface area contributed by atoms with Crippen LogP contribution < -0.4 is 5.32 Å². The molecule has 1 aromatic rings. The third-order valence-corrected chi connectivity index (χ3v) is 6.33. The molecule has 0 bridgehead atoms. The molecule has 0 unspecified atom stereocenters. The van der Waals surface area contributed by atoms with E-state index >= 15 is 0 Å². The van der Waals surface area contributed by atoms with Crippen LogP contribution in [0.15, 0.2) is 54.6 Å². The molecule has 2 aliphatic rings. The summed E-state index contributed by atoms with van der Waals surface area (Å²) >= 11 is 0. The van der Waals surface area contributed by atoms with Crippen LogP contribution in [0.1, 0.15) is 56.9 Å². The Kier molecular flexibility index (Phi) is 9.31. The fraction of sp³-hybridized carbons (Fsp3) is 0.577. The van der Waals surface area contributed by atoms with Crippen molar-refractivity contribution in [2.24, 2.45) is 11.8 Å². The van der Waals surface area contributed by atoms with Gasteiger partial charge in [0.05, 0.1) is 18.3 Å². The Hall–Kier alpha value is -1.95. The largest absolute Gasteiger partial charge is 0.393 e. The van der Waals surface area contributed by atoms with Crippen LogP contribution in [0.5, 0.6) is 0 Å². The molecule has 2 aliphatic carbocycles. The normalized spacial score (nSPS) is 27.2. The average molecular weight is 428 g/mol. The molecule has 0 aliphatic heterocycles. The van der Waals surface area contributed by atoms with Crippen LogP contribution in [0.25, 0.3) is 0 Å². The molecular formula is C26H37NO4. The fourth-order valence-electron chi connectivity index (χ4n) is 4.30. The van der Waals surface area contributed by atoms with E-state index < -0.39 is 18.3 Å². The molecule has 0 aromatic heterocycles. The van der Waals surface area contributed by atoms with Crippen molar-refractivity contribution in [3.8, 4) is 0 Å². The van der Waals surface area contributed by atoms with Gasteiger partial charge in [0.2, 0.25) is 5.91 Å². The Labute approximate surface area is 185 Å². The molecule has 3 rings (SSSR count). The molecule has 5 nitrogen and oxygen atoms in total.